The molecule has 1 aliphatic carbocycles. The standard InChI is InChI=1S/C28H34N4O/c1-5-19-12-9-13-20(6-2)25(19)28-30-18(3)23(26(31-28)27(29)33)17-32(4)24-16-10-14-21-11-7-8-15-22(21)24/h7-9,11-13,15,24H,5-6,10,14,16-17H2,1-4H3,(H2,29,33)/t24-/m0/s1. The molecule has 33 heavy (non-hydrogen) atoms. The maximum absolute atomic E-state index is 12.5. The van der Waals surface area contributed by atoms with Crippen LogP contribution in [0.3, 0.4) is 0 Å². The molecule has 4 rings (SSSR count). The topological polar surface area (TPSA) is 72.1 Å². The first-order chi connectivity index (χ1) is 15.9. The van der Waals surface area contributed by atoms with Gasteiger partial charge in [0.2, 0.25) is 0 Å². The van der Waals surface area contributed by atoms with E-state index in [9.17, 15) is 4.79 Å². The van der Waals surface area contributed by atoms with Crippen molar-refractivity contribution in [2.24, 2.45) is 5.73 Å². The van der Waals surface area contributed by atoms with Crippen molar-refractivity contribution >= 4 is 5.91 Å². The second kappa shape index (κ2) is 9.84. The number of carbonyl (C=O) groups is 1. The molecular formula is C28H34N4O. The Balaban J connectivity index is 1.74. The first kappa shape index (κ1) is 23.1. The average molecular weight is 443 g/mol. The summed E-state index contributed by atoms with van der Waals surface area (Å²) >= 11 is 0. The van der Waals surface area contributed by atoms with Gasteiger partial charge in [0.1, 0.15) is 5.69 Å². The van der Waals surface area contributed by atoms with Crippen LogP contribution in [0.4, 0.5) is 0 Å². The van der Waals surface area contributed by atoms with Crippen LogP contribution in [0.1, 0.15) is 76.7 Å². The van der Waals surface area contributed by atoms with Crippen LogP contribution in [0.2, 0.25) is 0 Å². The first-order valence-electron chi connectivity index (χ1n) is 12.0. The zero-order valence-corrected chi connectivity index (χ0v) is 20.2. The van der Waals surface area contributed by atoms with Crippen molar-refractivity contribution in [3.8, 4) is 11.4 Å². The molecule has 2 aromatic carbocycles. The normalized spacial score (nSPS) is 15.5. The summed E-state index contributed by atoms with van der Waals surface area (Å²) < 4.78 is 0. The number of aryl methyl sites for hydroxylation is 4. The highest BCUT2D eigenvalue weighted by Gasteiger charge is 2.26. The molecule has 1 atom stereocenters. The van der Waals surface area contributed by atoms with Gasteiger partial charge in [0.25, 0.3) is 5.91 Å². The van der Waals surface area contributed by atoms with Crippen molar-refractivity contribution in [2.75, 3.05) is 7.05 Å². The van der Waals surface area contributed by atoms with Crippen LogP contribution >= 0.6 is 0 Å². The fourth-order valence-corrected chi connectivity index (χ4v) is 5.18. The number of primary amides is 1. The predicted molar refractivity (Wildman–Crippen MR) is 133 cm³/mol. The van der Waals surface area contributed by atoms with Gasteiger partial charge in [-0.3, -0.25) is 9.69 Å². The highest BCUT2D eigenvalue weighted by atomic mass is 16.1. The van der Waals surface area contributed by atoms with Gasteiger partial charge in [-0.15, -0.1) is 0 Å². The van der Waals surface area contributed by atoms with Crippen molar-refractivity contribution in [3.63, 3.8) is 0 Å². The minimum atomic E-state index is -0.499. The lowest BCUT2D eigenvalue weighted by Crippen LogP contribution is -2.30. The smallest absolute Gasteiger partial charge is 0.267 e. The van der Waals surface area contributed by atoms with Crippen molar-refractivity contribution in [1.29, 1.82) is 0 Å². The number of amides is 1. The average Bonchev–Trinajstić information content (AvgIpc) is 2.83. The fourth-order valence-electron chi connectivity index (χ4n) is 5.18. The number of aromatic nitrogens is 2. The van der Waals surface area contributed by atoms with E-state index in [1.165, 1.54) is 22.3 Å². The molecular weight excluding hydrogens is 408 g/mol. The van der Waals surface area contributed by atoms with Crippen LogP contribution in [0.15, 0.2) is 42.5 Å². The number of carbonyl (C=O) groups excluding carboxylic acids is 1. The fraction of sp³-hybridized carbons (Fsp3) is 0.393. The molecule has 0 saturated carbocycles. The quantitative estimate of drug-likeness (QED) is 0.547. The first-order valence-corrected chi connectivity index (χ1v) is 12.0. The lowest BCUT2D eigenvalue weighted by atomic mass is 9.87. The molecule has 0 aliphatic heterocycles. The predicted octanol–water partition coefficient (Wildman–Crippen LogP) is 5.19. The summed E-state index contributed by atoms with van der Waals surface area (Å²) in [6.45, 7) is 6.81. The van der Waals surface area contributed by atoms with Crippen molar-refractivity contribution in [1.82, 2.24) is 14.9 Å². The van der Waals surface area contributed by atoms with Gasteiger partial charge in [0, 0.05) is 29.4 Å². The number of hydrogen-bond acceptors (Lipinski definition) is 4. The molecule has 0 fully saturated rings. The monoisotopic (exact) mass is 442 g/mol. The molecule has 172 valence electrons. The third-order valence-electron chi connectivity index (χ3n) is 6.95. The van der Waals surface area contributed by atoms with Crippen LogP contribution in [-0.4, -0.2) is 27.8 Å². The Morgan fingerprint density at radius 1 is 1.06 bits per heavy atom. The lowest BCUT2D eigenvalue weighted by Gasteiger charge is -2.33. The van der Waals surface area contributed by atoms with Crippen LogP contribution in [0.5, 0.6) is 0 Å². The molecule has 2 N–H and O–H groups in total. The van der Waals surface area contributed by atoms with E-state index < -0.39 is 5.91 Å². The Bertz CT molecular complexity index is 1150. The molecule has 5 heteroatoms. The van der Waals surface area contributed by atoms with Gasteiger partial charge in [-0.25, -0.2) is 9.97 Å². The summed E-state index contributed by atoms with van der Waals surface area (Å²) in [6.07, 6.45) is 5.14. The van der Waals surface area contributed by atoms with Gasteiger partial charge in [0.05, 0.1) is 0 Å². The summed E-state index contributed by atoms with van der Waals surface area (Å²) in [6, 6.07) is 15.3. The molecule has 1 aliphatic rings. The SMILES string of the molecule is CCc1cccc(CC)c1-c1nc(C)c(CN(C)[C@H]2CCCc3ccccc32)c(C(N)=O)n1. The second-order valence-electron chi connectivity index (χ2n) is 9.00. The van der Waals surface area contributed by atoms with E-state index in [2.05, 4.69) is 68.3 Å². The van der Waals surface area contributed by atoms with Crippen molar-refractivity contribution in [2.45, 2.75) is 65.5 Å². The number of hydrogen-bond donors (Lipinski definition) is 1. The molecule has 3 aromatic rings. The Morgan fingerprint density at radius 3 is 2.42 bits per heavy atom. The molecule has 0 spiro atoms. The van der Waals surface area contributed by atoms with Crippen LogP contribution in [0, 0.1) is 6.92 Å². The van der Waals surface area contributed by atoms with E-state index in [1.807, 2.05) is 6.92 Å². The Labute approximate surface area is 197 Å². The molecule has 0 saturated heterocycles. The van der Waals surface area contributed by atoms with Crippen LogP contribution in [0.25, 0.3) is 11.4 Å². The summed E-state index contributed by atoms with van der Waals surface area (Å²) in [5.74, 6) is 0.103. The molecule has 0 bridgehead atoms. The third-order valence-corrected chi connectivity index (χ3v) is 6.95. The Morgan fingerprint density at radius 2 is 1.76 bits per heavy atom. The second-order valence-corrected chi connectivity index (χ2v) is 9.00. The lowest BCUT2D eigenvalue weighted by molar-refractivity contribution is 0.0992. The van der Waals surface area contributed by atoms with Gasteiger partial charge in [-0.2, -0.15) is 0 Å². The van der Waals surface area contributed by atoms with Gasteiger partial charge < -0.3 is 5.73 Å². The number of fused-ring (bicyclic) bond motifs is 1. The zero-order chi connectivity index (χ0) is 23.5. The maximum atomic E-state index is 12.5. The van der Waals surface area contributed by atoms with E-state index >= 15 is 0 Å². The van der Waals surface area contributed by atoms with Gasteiger partial charge in [0.15, 0.2) is 5.82 Å². The molecule has 1 aromatic heterocycles. The van der Waals surface area contributed by atoms with E-state index in [1.54, 1.807) is 0 Å². The summed E-state index contributed by atoms with van der Waals surface area (Å²) in [4.78, 5) is 24.5. The highest BCUT2D eigenvalue weighted by molar-refractivity contribution is 5.93. The van der Waals surface area contributed by atoms with Gasteiger partial charge in [-0.05, 0) is 68.3 Å². The van der Waals surface area contributed by atoms with E-state index in [0.717, 1.165) is 48.9 Å². The molecule has 1 amide bonds. The minimum Gasteiger partial charge on any atom is -0.364 e. The van der Waals surface area contributed by atoms with Crippen LogP contribution in [-0.2, 0) is 25.8 Å². The van der Waals surface area contributed by atoms with E-state index in [-0.39, 0.29) is 0 Å². The minimum absolute atomic E-state index is 0.308. The molecule has 0 radical (unpaired) electrons. The zero-order valence-electron chi connectivity index (χ0n) is 20.2. The summed E-state index contributed by atoms with van der Waals surface area (Å²) in [5, 5.41) is 0. The number of nitrogens with zero attached hydrogens (tertiary/aromatic N) is 3. The number of benzene rings is 2. The van der Waals surface area contributed by atoms with Crippen molar-refractivity contribution < 1.29 is 4.79 Å². The Kier molecular flexibility index (Phi) is 6.89. The van der Waals surface area contributed by atoms with E-state index in [4.69, 9.17) is 15.7 Å². The van der Waals surface area contributed by atoms with Crippen LogP contribution < -0.4 is 5.73 Å². The largest absolute Gasteiger partial charge is 0.364 e. The maximum Gasteiger partial charge on any atom is 0.267 e. The molecule has 0 unspecified atom stereocenters. The number of nitrogens with two attached hydrogens (primary N) is 1. The van der Waals surface area contributed by atoms with E-state index in [0.29, 0.717) is 24.1 Å². The Hall–Kier alpha value is -3.05. The summed E-state index contributed by atoms with van der Waals surface area (Å²) in [7, 11) is 2.12. The molecule has 5 nitrogen and oxygen atoms in total. The molecule has 1 heterocycles. The highest BCUT2D eigenvalue weighted by Crippen LogP contribution is 2.35. The summed E-state index contributed by atoms with van der Waals surface area (Å²) in [5.41, 5.74) is 14.0. The van der Waals surface area contributed by atoms with Gasteiger partial charge >= 0.3 is 0 Å². The van der Waals surface area contributed by atoms with Gasteiger partial charge in [-0.1, -0.05) is 56.3 Å². The van der Waals surface area contributed by atoms with Crippen molar-refractivity contribution in [3.05, 3.63) is 81.7 Å². The number of rotatable bonds is 7. The third kappa shape index (κ3) is 4.55.